The van der Waals surface area contributed by atoms with Crippen molar-refractivity contribution in [1.29, 1.82) is 5.26 Å². The predicted octanol–water partition coefficient (Wildman–Crippen LogP) is 5.76. The van der Waals surface area contributed by atoms with Crippen molar-refractivity contribution in [2.45, 2.75) is 33.7 Å². The molecule has 1 heterocycles. The molecular weight excluding hydrogens is 614 g/mol. The van der Waals surface area contributed by atoms with Crippen LogP contribution in [0, 0.1) is 31.8 Å². The number of benzene rings is 1. The molecule has 0 radical (unpaired) electrons. The molecule has 0 aliphatic carbocycles. The minimum absolute atomic E-state index is 0.0653. The van der Waals surface area contributed by atoms with E-state index in [4.69, 9.17) is 30.3 Å². The van der Waals surface area contributed by atoms with Crippen molar-refractivity contribution in [2.24, 2.45) is 10.2 Å². The van der Waals surface area contributed by atoms with Crippen LogP contribution in [0.15, 0.2) is 40.6 Å². The van der Waals surface area contributed by atoms with Crippen molar-refractivity contribution in [2.75, 3.05) is 78.0 Å². The Morgan fingerprint density at radius 3 is 2.09 bits per heavy atom. The van der Waals surface area contributed by atoms with Crippen LogP contribution < -0.4 is 4.90 Å². The van der Waals surface area contributed by atoms with E-state index in [1.165, 1.54) is 18.4 Å². The van der Waals surface area contributed by atoms with Gasteiger partial charge in [-0.25, -0.2) is 14.4 Å². The van der Waals surface area contributed by atoms with Crippen molar-refractivity contribution >= 4 is 45.3 Å². The zero-order valence-electron chi connectivity index (χ0n) is 26.9. The topological polar surface area (TPSA) is 146 Å². The van der Waals surface area contributed by atoms with Gasteiger partial charge in [0.1, 0.15) is 17.7 Å². The number of methoxy groups -OCH3 is 1. The molecule has 13 nitrogen and oxygen atoms in total. The van der Waals surface area contributed by atoms with Crippen molar-refractivity contribution in [3.05, 3.63) is 57.8 Å². The molecule has 2 rings (SSSR count). The standard InChI is InChI=1S/C32H41N5O8S/c1-23(2)37(26-7-8-27(24(3)21-26)35-36-32-31(34-5)25(4)28(22-33)46-32)11-12-41-13-14-42-15-16-43-17-18-44-19-20-45-30(39)10-9-29(38)40-6/h7-10,21,23H,11-20H2,1-4,6H3/b10-9-,36-35?. The van der Waals surface area contributed by atoms with Crippen LogP contribution in [0.25, 0.3) is 4.85 Å². The number of thiophene rings is 1. The van der Waals surface area contributed by atoms with Crippen molar-refractivity contribution in [1.82, 2.24) is 0 Å². The molecular formula is C32H41N5O8S. The van der Waals surface area contributed by atoms with Crippen LogP contribution in [-0.2, 0) is 38.0 Å². The van der Waals surface area contributed by atoms with Gasteiger partial charge in [-0.15, -0.1) is 11.3 Å². The second-order valence-electron chi connectivity index (χ2n) is 9.86. The number of nitrogens with zero attached hydrogens (tertiary/aromatic N) is 5. The molecule has 0 N–H and O–H groups in total. The molecule has 1 aromatic carbocycles. The lowest BCUT2D eigenvalue weighted by Gasteiger charge is -2.29. The van der Waals surface area contributed by atoms with Crippen LogP contribution in [0.3, 0.4) is 0 Å². The quantitative estimate of drug-likeness (QED) is 0.0535. The third-order valence-electron chi connectivity index (χ3n) is 6.32. The number of carbonyl (C=O) groups is 2. The molecule has 248 valence electrons. The molecule has 0 atom stereocenters. The highest BCUT2D eigenvalue weighted by molar-refractivity contribution is 7.17. The van der Waals surface area contributed by atoms with E-state index in [9.17, 15) is 14.9 Å². The average Bonchev–Trinajstić information content (AvgIpc) is 3.36. The zero-order valence-corrected chi connectivity index (χ0v) is 27.8. The number of hydrogen-bond acceptors (Lipinski definition) is 13. The number of rotatable bonds is 21. The first-order valence-corrected chi connectivity index (χ1v) is 15.5. The molecule has 1 aromatic heterocycles. The number of ether oxygens (including phenoxy) is 6. The zero-order chi connectivity index (χ0) is 33.7. The maximum atomic E-state index is 11.4. The molecule has 0 saturated heterocycles. The first-order chi connectivity index (χ1) is 22.2. The Balaban J connectivity index is 1.60. The summed E-state index contributed by atoms with van der Waals surface area (Å²) in [7, 11) is 1.22. The Morgan fingerprint density at radius 2 is 1.54 bits per heavy atom. The molecule has 0 unspecified atom stereocenters. The average molecular weight is 656 g/mol. The Hall–Kier alpha value is -4.18. The third kappa shape index (κ3) is 13.4. The fraction of sp³-hybridized carbons (Fsp3) is 0.500. The van der Waals surface area contributed by atoms with Gasteiger partial charge in [0.15, 0.2) is 0 Å². The number of anilines is 1. The largest absolute Gasteiger partial charge is 0.466 e. The van der Waals surface area contributed by atoms with E-state index in [2.05, 4.69) is 50.7 Å². The summed E-state index contributed by atoms with van der Waals surface area (Å²) < 4.78 is 31.4. The summed E-state index contributed by atoms with van der Waals surface area (Å²) in [6.07, 6.45) is 1.98. The Kier molecular flexibility index (Phi) is 17.8. The van der Waals surface area contributed by atoms with Gasteiger partial charge in [0.2, 0.25) is 5.69 Å². The first kappa shape index (κ1) is 38.0. The Bertz CT molecular complexity index is 1410. The molecule has 0 amide bonds. The van der Waals surface area contributed by atoms with Crippen LogP contribution in [-0.4, -0.2) is 91.1 Å². The molecule has 0 saturated carbocycles. The molecule has 0 fully saturated rings. The first-order valence-electron chi connectivity index (χ1n) is 14.7. The minimum atomic E-state index is -0.648. The molecule has 0 bridgehead atoms. The molecule has 2 aromatic rings. The maximum absolute atomic E-state index is 11.4. The highest BCUT2D eigenvalue weighted by Gasteiger charge is 2.15. The van der Waals surface area contributed by atoms with E-state index in [1.807, 2.05) is 19.1 Å². The molecule has 46 heavy (non-hydrogen) atoms. The SMILES string of the molecule is [C-]#[N+]c1c(N=Nc2ccc(N(CCOCCOCCOCCOCCOC(=O)/C=C\C(=O)OC)C(C)C)cc2C)sc(C#N)c1C. The minimum Gasteiger partial charge on any atom is -0.466 e. The van der Waals surface area contributed by atoms with E-state index in [1.54, 1.807) is 6.92 Å². The molecule has 0 spiro atoms. The van der Waals surface area contributed by atoms with Gasteiger partial charge in [-0.05, 0) is 57.0 Å². The van der Waals surface area contributed by atoms with Crippen LogP contribution in [0.2, 0.25) is 0 Å². The van der Waals surface area contributed by atoms with Crippen molar-refractivity contribution < 1.29 is 38.0 Å². The summed E-state index contributed by atoms with van der Waals surface area (Å²) in [5, 5.41) is 18.3. The Labute approximate surface area is 274 Å². The number of hydrogen-bond donors (Lipinski definition) is 0. The number of aryl methyl sites for hydroxylation is 1. The van der Waals surface area contributed by atoms with Crippen molar-refractivity contribution in [3.8, 4) is 6.07 Å². The van der Waals surface area contributed by atoms with E-state index in [0.717, 1.165) is 23.4 Å². The lowest BCUT2D eigenvalue weighted by atomic mass is 10.1. The normalized spacial score (nSPS) is 11.2. The number of azo groups is 1. The molecule has 0 aliphatic heterocycles. The van der Waals surface area contributed by atoms with E-state index >= 15 is 0 Å². The third-order valence-corrected chi connectivity index (χ3v) is 7.39. The summed E-state index contributed by atoms with van der Waals surface area (Å²) in [5.41, 5.74) is 3.70. The van der Waals surface area contributed by atoms with Gasteiger partial charge in [0.25, 0.3) is 0 Å². The summed E-state index contributed by atoms with van der Waals surface area (Å²) >= 11 is 1.17. The second-order valence-corrected chi connectivity index (χ2v) is 10.9. The molecule has 14 heteroatoms. The summed E-state index contributed by atoms with van der Waals surface area (Å²) in [4.78, 5) is 28.5. The predicted molar refractivity (Wildman–Crippen MR) is 173 cm³/mol. The summed E-state index contributed by atoms with van der Waals surface area (Å²) in [6, 6.07) is 8.31. The van der Waals surface area contributed by atoms with E-state index < -0.39 is 11.9 Å². The number of esters is 2. The molecule has 0 aliphatic rings. The van der Waals surface area contributed by atoms with Crippen LogP contribution in [0.5, 0.6) is 0 Å². The lowest BCUT2D eigenvalue weighted by Crippen LogP contribution is -2.34. The second kappa shape index (κ2) is 21.5. The van der Waals surface area contributed by atoms with Gasteiger partial charge in [-0.1, -0.05) is 0 Å². The van der Waals surface area contributed by atoms with Crippen LogP contribution >= 0.6 is 11.3 Å². The summed E-state index contributed by atoms with van der Waals surface area (Å²) in [6.45, 7) is 19.4. The maximum Gasteiger partial charge on any atom is 0.331 e. The van der Waals surface area contributed by atoms with Gasteiger partial charge >= 0.3 is 11.9 Å². The smallest absolute Gasteiger partial charge is 0.331 e. The van der Waals surface area contributed by atoms with Gasteiger partial charge in [-0.2, -0.15) is 15.5 Å². The number of nitriles is 1. The van der Waals surface area contributed by atoms with Gasteiger partial charge < -0.3 is 33.3 Å². The number of carbonyl (C=O) groups excluding carboxylic acids is 2. The van der Waals surface area contributed by atoms with Gasteiger partial charge in [0.05, 0.1) is 77.1 Å². The van der Waals surface area contributed by atoms with Gasteiger partial charge in [0, 0.05) is 30.4 Å². The lowest BCUT2D eigenvalue weighted by molar-refractivity contribution is -0.140. The monoisotopic (exact) mass is 655 g/mol. The highest BCUT2D eigenvalue weighted by Crippen LogP contribution is 2.42. The van der Waals surface area contributed by atoms with E-state index in [0.29, 0.717) is 79.6 Å². The fourth-order valence-electron chi connectivity index (χ4n) is 3.89. The van der Waals surface area contributed by atoms with E-state index in [-0.39, 0.29) is 19.3 Å². The summed E-state index contributed by atoms with van der Waals surface area (Å²) in [5.74, 6) is -1.28. The van der Waals surface area contributed by atoms with Crippen LogP contribution in [0.1, 0.15) is 29.9 Å². The van der Waals surface area contributed by atoms with Gasteiger partial charge in [-0.3, -0.25) is 0 Å². The Morgan fingerprint density at radius 1 is 0.957 bits per heavy atom. The highest BCUT2D eigenvalue weighted by atomic mass is 32.1. The fourth-order valence-corrected chi connectivity index (χ4v) is 4.75. The van der Waals surface area contributed by atoms with Crippen LogP contribution in [0.4, 0.5) is 22.1 Å². The van der Waals surface area contributed by atoms with Crippen molar-refractivity contribution in [3.63, 3.8) is 0 Å².